The number of hydrogen-bond donors (Lipinski definition) is 1. The van der Waals surface area contributed by atoms with E-state index in [4.69, 9.17) is 0 Å². The molecule has 132 valence electrons. The first-order valence-corrected chi connectivity index (χ1v) is 8.30. The molecule has 1 aromatic carbocycles. The highest BCUT2D eigenvalue weighted by Gasteiger charge is 2.48. The van der Waals surface area contributed by atoms with Crippen LogP contribution in [-0.4, -0.2) is 32.2 Å². The quantitative estimate of drug-likeness (QED) is 0.869. The van der Waals surface area contributed by atoms with E-state index in [0.29, 0.717) is 0 Å². The average Bonchev–Trinajstić information content (AvgIpc) is 2.42. The molecule has 0 saturated carbocycles. The number of rotatable bonds is 2. The molecular weight excluding hydrogens is 349 g/mol. The summed E-state index contributed by atoms with van der Waals surface area (Å²) in [6.45, 7) is 4.42. The first-order chi connectivity index (χ1) is 10.8. The van der Waals surface area contributed by atoms with E-state index in [9.17, 15) is 31.2 Å². The number of hydrazine groups is 1. The minimum atomic E-state index is -5.56. The molecule has 1 N–H and O–H groups in total. The third kappa shape index (κ3) is 2.97. The highest BCUT2D eigenvalue weighted by Crippen LogP contribution is 2.38. The number of fused-ring (bicyclic) bond motifs is 1. The molecule has 0 spiro atoms. The Kier molecular flexibility index (Phi) is 4.16. The largest absolute Gasteiger partial charge is 0.501 e. The Bertz CT molecular complexity index is 816. The highest BCUT2D eigenvalue weighted by molar-refractivity contribution is 7.92. The Balaban J connectivity index is 2.65. The number of halogens is 3. The lowest BCUT2D eigenvalue weighted by atomic mass is 9.80. The number of nitrogens with zero attached hydrogens (tertiary/aromatic N) is 1. The van der Waals surface area contributed by atoms with E-state index >= 15 is 0 Å². The van der Waals surface area contributed by atoms with E-state index in [0.717, 1.165) is 18.2 Å². The molecule has 1 aliphatic heterocycles. The summed E-state index contributed by atoms with van der Waals surface area (Å²) in [5.41, 5.74) is -4.01. The molecule has 6 nitrogen and oxygen atoms in total. The van der Waals surface area contributed by atoms with Crippen LogP contribution in [0.1, 0.15) is 31.1 Å². The predicted molar refractivity (Wildman–Crippen MR) is 79.0 cm³/mol. The second kappa shape index (κ2) is 5.47. The standard InChI is InChI=1S/C14H15F3N2O4S/c1-8(20)18-19-7-13(2,3)12(21)10-5-4-9(6-11(10)19)24(22,23)14(15,16)17/h4-6H,7H2,1-3H3,(H,18,20). The minimum absolute atomic E-state index is 0.00602. The number of benzene rings is 1. The van der Waals surface area contributed by atoms with Gasteiger partial charge in [0.1, 0.15) is 0 Å². The Morgan fingerprint density at radius 2 is 1.88 bits per heavy atom. The fraction of sp³-hybridized carbons (Fsp3) is 0.429. The zero-order chi connectivity index (χ0) is 18.5. The number of Topliss-reactive ketones (excluding diaryl/α,β-unsaturated/α-hetero) is 1. The number of anilines is 1. The molecule has 0 radical (unpaired) electrons. The van der Waals surface area contributed by atoms with E-state index in [-0.39, 0.29) is 23.6 Å². The monoisotopic (exact) mass is 364 g/mol. The van der Waals surface area contributed by atoms with Gasteiger partial charge in [-0.25, -0.2) is 8.42 Å². The topological polar surface area (TPSA) is 83.6 Å². The maximum Gasteiger partial charge on any atom is 0.501 e. The second-order valence-electron chi connectivity index (χ2n) is 6.10. The zero-order valence-corrected chi connectivity index (χ0v) is 13.9. The van der Waals surface area contributed by atoms with Crippen LogP contribution in [0.4, 0.5) is 18.9 Å². The van der Waals surface area contributed by atoms with Crippen molar-refractivity contribution in [1.29, 1.82) is 0 Å². The van der Waals surface area contributed by atoms with Crippen molar-refractivity contribution >= 4 is 27.2 Å². The molecule has 1 heterocycles. The summed E-state index contributed by atoms with van der Waals surface area (Å²) in [6, 6.07) is 2.53. The lowest BCUT2D eigenvalue weighted by Gasteiger charge is -2.39. The van der Waals surface area contributed by atoms with Gasteiger partial charge in [0.05, 0.1) is 17.1 Å². The average molecular weight is 364 g/mol. The van der Waals surface area contributed by atoms with E-state index in [1.54, 1.807) is 13.8 Å². The molecule has 2 rings (SSSR count). The van der Waals surface area contributed by atoms with Crippen LogP contribution in [0, 0.1) is 5.41 Å². The van der Waals surface area contributed by atoms with Crippen LogP contribution in [0.3, 0.4) is 0 Å². The number of sulfone groups is 1. The molecule has 1 amide bonds. The van der Waals surface area contributed by atoms with Crippen molar-refractivity contribution in [2.24, 2.45) is 5.41 Å². The molecular formula is C14H15F3N2O4S. The molecule has 0 aliphatic carbocycles. The van der Waals surface area contributed by atoms with Gasteiger partial charge >= 0.3 is 5.51 Å². The van der Waals surface area contributed by atoms with Gasteiger partial charge in [-0.3, -0.25) is 20.0 Å². The van der Waals surface area contributed by atoms with Gasteiger partial charge in [0.25, 0.3) is 9.84 Å². The molecule has 1 aromatic rings. The minimum Gasteiger partial charge on any atom is -0.293 e. The summed E-state index contributed by atoms with van der Waals surface area (Å²) in [4.78, 5) is 22.7. The van der Waals surface area contributed by atoms with Crippen molar-refractivity contribution in [3.63, 3.8) is 0 Å². The summed E-state index contributed by atoms with van der Waals surface area (Å²) >= 11 is 0. The van der Waals surface area contributed by atoms with Crippen molar-refractivity contribution in [2.45, 2.75) is 31.2 Å². The maximum absolute atomic E-state index is 12.7. The fourth-order valence-corrected chi connectivity index (χ4v) is 3.22. The number of amides is 1. The molecule has 0 fully saturated rings. The van der Waals surface area contributed by atoms with Gasteiger partial charge in [0, 0.05) is 17.9 Å². The molecule has 10 heteroatoms. The van der Waals surface area contributed by atoms with Crippen molar-refractivity contribution in [1.82, 2.24) is 5.43 Å². The molecule has 1 aliphatic rings. The van der Waals surface area contributed by atoms with Crippen LogP contribution in [0.15, 0.2) is 23.1 Å². The summed E-state index contributed by atoms with van der Waals surface area (Å²) < 4.78 is 61.3. The number of alkyl halides is 3. The second-order valence-corrected chi connectivity index (χ2v) is 8.04. The molecule has 0 bridgehead atoms. The van der Waals surface area contributed by atoms with Gasteiger partial charge in [0.2, 0.25) is 5.91 Å². The summed E-state index contributed by atoms with van der Waals surface area (Å²) in [5.74, 6) is -0.856. The van der Waals surface area contributed by atoms with E-state index in [1.807, 2.05) is 0 Å². The highest BCUT2D eigenvalue weighted by atomic mass is 32.2. The number of ketones is 1. The Labute approximate surface area is 136 Å². The molecule has 0 atom stereocenters. The maximum atomic E-state index is 12.7. The van der Waals surface area contributed by atoms with Crippen molar-refractivity contribution in [3.05, 3.63) is 23.8 Å². The predicted octanol–water partition coefficient (Wildman–Crippen LogP) is 2.06. The third-order valence-electron chi connectivity index (χ3n) is 3.58. The molecule has 24 heavy (non-hydrogen) atoms. The van der Waals surface area contributed by atoms with Crippen molar-refractivity contribution < 1.29 is 31.2 Å². The van der Waals surface area contributed by atoms with E-state index in [2.05, 4.69) is 5.43 Å². The summed E-state index contributed by atoms with van der Waals surface area (Å²) in [6.07, 6.45) is 0. The van der Waals surface area contributed by atoms with Crippen LogP contribution in [0.2, 0.25) is 0 Å². The van der Waals surface area contributed by atoms with Crippen LogP contribution in [-0.2, 0) is 14.6 Å². The van der Waals surface area contributed by atoms with Gasteiger partial charge in [-0.2, -0.15) is 13.2 Å². The molecule has 0 aromatic heterocycles. The van der Waals surface area contributed by atoms with Gasteiger partial charge in [-0.05, 0) is 18.2 Å². The lowest BCUT2D eigenvalue weighted by Crippen LogP contribution is -2.52. The first kappa shape index (κ1) is 18.2. The van der Waals surface area contributed by atoms with Gasteiger partial charge < -0.3 is 0 Å². The van der Waals surface area contributed by atoms with E-state index < -0.39 is 31.6 Å². The van der Waals surface area contributed by atoms with Crippen LogP contribution in [0.25, 0.3) is 0 Å². The number of carbonyl (C=O) groups excluding carboxylic acids is 2. The normalized spacial score (nSPS) is 17.4. The van der Waals surface area contributed by atoms with Crippen molar-refractivity contribution in [3.8, 4) is 0 Å². The lowest BCUT2D eigenvalue weighted by molar-refractivity contribution is -0.119. The van der Waals surface area contributed by atoms with Crippen LogP contribution >= 0.6 is 0 Å². The molecule has 0 saturated heterocycles. The van der Waals surface area contributed by atoms with Crippen LogP contribution in [0.5, 0.6) is 0 Å². The van der Waals surface area contributed by atoms with E-state index in [1.165, 1.54) is 11.9 Å². The Morgan fingerprint density at radius 3 is 2.38 bits per heavy atom. The van der Waals surface area contributed by atoms with Gasteiger partial charge in [-0.15, -0.1) is 0 Å². The van der Waals surface area contributed by atoms with Gasteiger partial charge in [0.15, 0.2) is 5.78 Å². The molecule has 0 unspecified atom stereocenters. The number of hydrogen-bond acceptors (Lipinski definition) is 5. The summed E-state index contributed by atoms with van der Waals surface area (Å²) in [7, 11) is -5.56. The number of nitrogens with one attached hydrogen (secondary N) is 1. The number of carbonyl (C=O) groups is 2. The third-order valence-corrected chi connectivity index (χ3v) is 5.06. The van der Waals surface area contributed by atoms with Crippen molar-refractivity contribution in [2.75, 3.05) is 11.6 Å². The van der Waals surface area contributed by atoms with Gasteiger partial charge in [-0.1, -0.05) is 13.8 Å². The smallest absolute Gasteiger partial charge is 0.293 e. The van der Waals surface area contributed by atoms with Crippen LogP contribution < -0.4 is 10.4 Å². The fourth-order valence-electron chi connectivity index (χ4n) is 2.43. The Morgan fingerprint density at radius 1 is 1.29 bits per heavy atom. The zero-order valence-electron chi connectivity index (χ0n) is 13.1. The first-order valence-electron chi connectivity index (χ1n) is 6.82. The SMILES string of the molecule is CC(=O)NN1CC(C)(C)C(=O)c2ccc(S(=O)(=O)C(F)(F)F)cc21. The Hall–Kier alpha value is -2.10. The summed E-state index contributed by atoms with van der Waals surface area (Å²) in [5, 5.41) is 1.19.